The number of nitrogens with one attached hydrogen (secondary N) is 1. The fraction of sp³-hybridized carbons (Fsp3) is 0.533. The van der Waals surface area contributed by atoms with Crippen LogP contribution in [0.15, 0.2) is 24.3 Å². The lowest BCUT2D eigenvalue weighted by Gasteiger charge is -2.17. The molecule has 3 N–H and O–H groups in total. The number of hydrogen-bond acceptors (Lipinski definition) is 3. The molecule has 2 atom stereocenters. The lowest BCUT2D eigenvalue weighted by molar-refractivity contribution is 0.0696. The molecule has 0 spiro atoms. The molecule has 0 heterocycles. The fourth-order valence-electron chi connectivity index (χ4n) is 2.84. The zero-order chi connectivity index (χ0) is 13.7. The Hall–Kier alpha value is -1.39. The number of aliphatic hydroxyl groups is 1. The third-order valence-electron chi connectivity index (χ3n) is 3.96. The Morgan fingerprint density at radius 3 is 2.84 bits per heavy atom. The van der Waals surface area contributed by atoms with Crippen molar-refractivity contribution in [2.45, 2.75) is 25.8 Å². The zero-order valence-electron chi connectivity index (χ0n) is 11.0. The molecule has 1 aliphatic carbocycles. The standard InChI is InChI=1S/C15H21NO3/c17-10-14-6-2-5-13(14)9-16-8-11-3-1-4-12(7-11)15(18)19/h1,3-4,7,13-14,16-17H,2,5-6,8-10H2,(H,18,19). The molecule has 1 saturated carbocycles. The van der Waals surface area contributed by atoms with Crippen LogP contribution >= 0.6 is 0 Å². The molecule has 1 aromatic rings. The second-order valence-electron chi connectivity index (χ2n) is 5.27. The third-order valence-corrected chi connectivity index (χ3v) is 3.96. The van der Waals surface area contributed by atoms with Crippen molar-refractivity contribution in [3.8, 4) is 0 Å². The normalized spacial score (nSPS) is 22.6. The number of hydrogen-bond donors (Lipinski definition) is 3. The van der Waals surface area contributed by atoms with E-state index in [9.17, 15) is 9.90 Å². The molecule has 2 rings (SSSR count). The van der Waals surface area contributed by atoms with E-state index in [0.717, 1.165) is 18.5 Å². The first-order valence-electron chi connectivity index (χ1n) is 6.84. The molecule has 19 heavy (non-hydrogen) atoms. The molecule has 0 amide bonds. The number of benzene rings is 1. The van der Waals surface area contributed by atoms with Gasteiger partial charge in [-0.3, -0.25) is 0 Å². The minimum Gasteiger partial charge on any atom is -0.478 e. The molecule has 4 nitrogen and oxygen atoms in total. The van der Waals surface area contributed by atoms with Crippen LogP contribution in [0.1, 0.15) is 35.2 Å². The van der Waals surface area contributed by atoms with Crippen molar-refractivity contribution in [3.63, 3.8) is 0 Å². The van der Waals surface area contributed by atoms with Crippen LogP contribution in [0.2, 0.25) is 0 Å². The van der Waals surface area contributed by atoms with Crippen molar-refractivity contribution in [2.24, 2.45) is 11.8 Å². The highest BCUT2D eigenvalue weighted by Gasteiger charge is 2.25. The van der Waals surface area contributed by atoms with Crippen molar-refractivity contribution in [1.82, 2.24) is 5.32 Å². The minimum absolute atomic E-state index is 0.279. The van der Waals surface area contributed by atoms with Gasteiger partial charge in [-0.25, -0.2) is 4.79 Å². The van der Waals surface area contributed by atoms with E-state index < -0.39 is 5.97 Å². The molecule has 0 bridgehead atoms. The summed E-state index contributed by atoms with van der Waals surface area (Å²) in [5.41, 5.74) is 1.31. The van der Waals surface area contributed by atoms with Gasteiger partial charge in [0, 0.05) is 13.2 Å². The van der Waals surface area contributed by atoms with Crippen LogP contribution in [0.5, 0.6) is 0 Å². The topological polar surface area (TPSA) is 69.6 Å². The number of aromatic carboxylic acids is 1. The quantitative estimate of drug-likeness (QED) is 0.733. The average Bonchev–Trinajstić information content (AvgIpc) is 2.86. The smallest absolute Gasteiger partial charge is 0.335 e. The summed E-state index contributed by atoms with van der Waals surface area (Å²) in [6.45, 7) is 1.85. The summed E-state index contributed by atoms with van der Waals surface area (Å²) < 4.78 is 0. The lowest BCUT2D eigenvalue weighted by Crippen LogP contribution is -2.26. The molecule has 0 aromatic heterocycles. The third kappa shape index (κ3) is 3.78. The van der Waals surface area contributed by atoms with Gasteiger partial charge in [0.2, 0.25) is 0 Å². The summed E-state index contributed by atoms with van der Waals surface area (Å²) >= 11 is 0. The van der Waals surface area contributed by atoms with Crippen molar-refractivity contribution < 1.29 is 15.0 Å². The van der Waals surface area contributed by atoms with E-state index in [1.165, 1.54) is 12.8 Å². The van der Waals surface area contributed by atoms with E-state index in [1.807, 2.05) is 6.07 Å². The maximum atomic E-state index is 10.9. The summed E-state index contributed by atoms with van der Waals surface area (Å²) in [7, 11) is 0. The van der Waals surface area contributed by atoms with Crippen LogP contribution in [0.3, 0.4) is 0 Å². The summed E-state index contributed by atoms with van der Waals surface area (Å²) in [6.07, 6.45) is 3.50. The van der Waals surface area contributed by atoms with Gasteiger partial charge in [-0.05, 0) is 48.9 Å². The van der Waals surface area contributed by atoms with E-state index in [0.29, 0.717) is 23.9 Å². The molecular weight excluding hydrogens is 242 g/mol. The van der Waals surface area contributed by atoms with Crippen LogP contribution in [-0.4, -0.2) is 29.3 Å². The van der Waals surface area contributed by atoms with Crippen LogP contribution in [0, 0.1) is 11.8 Å². The van der Waals surface area contributed by atoms with E-state index in [-0.39, 0.29) is 6.61 Å². The Labute approximate surface area is 113 Å². The molecular formula is C15H21NO3. The largest absolute Gasteiger partial charge is 0.478 e. The molecule has 0 aliphatic heterocycles. The van der Waals surface area contributed by atoms with Gasteiger partial charge in [0.05, 0.1) is 5.56 Å². The Morgan fingerprint density at radius 1 is 1.32 bits per heavy atom. The van der Waals surface area contributed by atoms with Crippen LogP contribution in [0.25, 0.3) is 0 Å². The monoisotopic (exact) mass is 263 g/mol. The Kier molecular flexibility index (Phi) is 4.93. The molecule has 1 fully saturated rings. The predicted octanol–water partition coefficient (Wildman–Crippen LogP) is 1.88. The van der Waals surface area contributed by atoms with Gasteiger partial charge < -0.3 is 15.5 Å². The first kappa shape index (κ1) is 14.0. The zero-order valence-corrected chi connectivity index (χ0v) is 11.0. The van der Waals surface area contributed by atoms with E-state index >= 15 is 0 Å². The highest BCUT2D eigenvalue weighted by Crippen LogP contribution is 2.30. The van der Waals surface area contributed by atoms with Crippen LogP contribution in [-0.2, 0) is 6.54 Å². The summed E-state index contributed by atoms with van der Waals surface area (Å²) in [5.74, 6) is 0.0866. The number of rotatable bonds is 6. The second-order valence-corrected chi connectivity index (χ2v) is 5.27. The van der Waals surface area contributed by atoms with Gasteiger partial charge in [0.15, 0.2) is 0 Å². The van der Waals surface area contributed by atoms with E-state index in [4.69, 9.17) is 5.11 Å². The number of carboxylic acid groups (broad SMARTS) is 1. The summed E-state index contributed by atoms with van der Waals surface area (Å²) in [6, 6.07) is 7.00. The SMILES string of the molecule is O=C(O)c1cccc(CNCC2CCCC2CO)c1. The van der Waals surface area contributed by atoms with Crippen LogP contribution < -0.4 is 5.32 Å². The number of carboxylic acids is 1. The second kappa shape index (κ2) is 6.68. The first-order valence-corrected chi connectivity index (χ1v) is 6.84. The van der Waals surface area contributed by atoms with E-state index in [1.54, 1.807) is 18.2 Å². The highest BCUT2D eigenvalue weighted by molar-refractivity contribution is 5.87. The maximum Gasteiger partial charge on any atom is 0.335 e. The molecule has 0 saturated heterocycles. The molecule has 1 aliphatic rings. The molecule has 2 unspecified atom stereocenters. The van der Waals surface area contributed by atoms with Gasteiger partial charge in [0.1, 0.15) is 0 Å². The Morgan fingerprint density at radius 2 is 2.11 bits per heavy atom. The Bertz CT molecular complexity index is 433. The summed E-state index contributed by atoms with van der Waals surface area (Å²) in [4.78, 5) is 10.9. The van der Waals surface area contributed by atoms with Crippen molar-refractivity contribution in [3.05, 3.63) is 35.4 Å². The average molecular weight is 263 g/mol. The van der Waals surface area contributed by atoms with Gasteiger partial charge in [-0.1, -0.05) is 18.6 Å². The van der Waals surface area contributed by atoms with Crippen molar-refractivity contribution in [2.75, 3.05) is 13.2 Å². The van der Waals surface area contributed by atoms with Gasteiger partial charge in [0.25, 0.3) is 0 Å². The molecule has 0 radical (unpaired) electrons. The van der Waals surface area contributed by atoms with Crippen molar-refractivity contribution >= 4 is 5.97 Å². The molecule has 1 aromatic carbocycles. The number of carbonyl (C=O) groups is 1. The lowest BCUT2D eigenvalue weighted by atomic mass is 9.97. The molecule has 4 heteroatoms. The highest BCUT2D eigenvalue weighted by atomic mass is 16.4. The Balaban J connectivity index is 1.82. The fourth-order valence-corrected chi connectivity index (χ4v) is 2.84. The van der Waals surface area contributed by atoms with Gasteiger partial charge in [-0.15, -0.1) is 0 Å². The molecule has 104 valence electrons. The maximum absolute atomic E-state index is 10.9. The predicted molar refractivity (Wildman–Crippen MR) is 73.0 cm³/mol. The van der Waals surface area contributed by atoms with Crippen LogP contribution in [0.4, 0.5) is 0 Å². The van der Waals surface area contributed by atoms with E-state index in [2.05, 4.69) is 5.32 Å². The number of aliphatic hydroxyl groups excluding tert-OH is 1. The first-order chi connectivity index (χ1) is 9.20. The minimum atomic E-state index is -0.891. The van der Waals surface area contributed by atoms with Crippen molar-refractivity contribution in [1.29, 1.82) is 0 Å². The summed E-state index contributed by atoms with van der Waals surface area (Å²) in [5, 5.41) is 21.6. The van der Waals surface area contributed by atoms with Gasteiger partial charge in [-0.2, -0.15) is 0 Å². The van der Waals surface area contributed by atoms with Gasteiger partial charge >= 0.3 is 5.97 Å².